The second kappa shape index (κ2) is 5.59. The molecule has 1 aromatic carbocycles. The molecule has 0 aliphatic rings. The molecule has 4 heteroatoms. The number of nitrogens with one attached hydrogen (secondary N) is 1. The Morgan fingerprint density at radius 3 is 2.87 bits per heavy atom. The highest BCUT2D eigenvalue weighted by Crippen LogP contribution is 2.27. The second-order valence-corrected chi connectivity index (χ2v) is 3.55. The number of halogens is 1. The number of nitrogens with zero attached hydrogens (tertiary/aromatic N) is 1. The predicted molar refractivity (Wildman–Crippen MR) is 60.0 cm³/mol. The number of rotatable bonds is 4. The average molecular weight is 225 g/mol. The Bertz CT molecular complexity index is 373. The Morgan fingerprint density at radius 1 is 1.60 bits per heavy atom. The first-order chi connectivity index (χ1) is 7.19. The van der Waals surface area contributed by atoms with Gasteiger partial charge < -0.3 is 10.1 Å². The van der Waals surface area contributed by atoms with Gasteiger partial charge in [-0.15, -0.1) is 0 Å². The van der Waals surface area contributed by atoms with Crippen LogP contribution in [0.15, 0.2) is 18.2 Å². The summed E-state index contributed by atoms with van der Waals surface area (Å²) in [7, 11) is 1.89. The van der Waals surface area contributed by atoms with E-state index >= 15 is 0 Å². The van der Waals surface area contributed by atoms with Crippen molar-refractivity contribution < 1.29 is 4.74 Å². The lowest BCUT2D eigenvalue weighted by molar-refractivity contribution is 0.368. The summed E-state index contributed by atoms with van der Waals surface area (Å²) in [6, 6.07) is 7.70. The van der Waals surface area contributed by atoms with Crippen LogP contribution in [0, 0.1) is 11.3 Å². The van der Waals surface area contributed by atoms with Crippen LogP contribution in [0.25, 0.3) is 0 Å². The van der Waals surface area contributed by atoms with Crippen LogP contribution in [0.2, 0.25) is 5.02 Å². The third-order valence-electron chi connectivity index (χ3n) is 2.18. The Kier molecular flexibility index (Phi) is 4.41. The zero-order valence-electron chi connectivity index (χ0n) is 8.75. The molecular formula is C11H13ClN2O. The van der Waals surface area contributed by atoms with Crippen molar-refractivity contribution in [1.82, 2.24) is 5.32 Å². The Hall–Kier alpha value is -1.24. The van der Waals surface area contributed by atoms with Crippen molar-refractivity contribution in [1.29, 1.82) is 5.26 Å². The first-order valence-corrected chi connectivity index (χ1v) is 5.03. The minimum atomic E-state index is 0.0145. The molecule has 0 amide bonds. The highest BCUT2D eigenvalue weighted by molar-refractivity contribution is 6.32. The molecule has 0 fully saturated rings. The number of hydrogen-bond acceptors (Lipinski definition) is 3. The van der Waals surface area contributed by atoms with E-state index < -0.39 is 0 Å². The first-order valence-electron chi connectivity index (χ1n) is 4.65. The minimum Gasteiger partial charge on any atom is -0.477 e. The van der Waals surface area contributed by atoms with Gasteiger partial charge in [-0.2, -0.15) is 5.26 Å². The maximum Gasteiger partial charge on any atom is 0.174 e. The van der Waals surface area contributed by atoms with Crippen LogP contribution in [0.3, 0.4) is 0 Å². The van der Waals surface area contributed by atoms with Gasteiger partial charge in [0.15, 0.2) is 6.61 Å². The van der Waals surface area contributed by atoms with E-state index in [1.165, 1.54) is 0 Å². The SMILES string of the molecule is CNC(C)c1ccc(OCC#N)c(Cl)c1. The van der Waals surface area contributed by atoms with Crippen molar-refractivity contribution in [3.05, 3.63) is 28.8 Å². The summed E-state index contributed by atoms with van der Waals surface area (Å²) in [5.41, 5.74) is 1.09. The van der Waals surface area contributed by atoms with E-state index in [-0.39, 0.29) is 12.6 Å². The molecule has 0 saturated heterocycles. The third-order valence-corrected chi connectivity index (χ3v) is 2.48. The highest BCUT2D eigenvalue weighted by Gasteiger charge is 2.06. The molecule has 80 valence electrons. The van der Waals surface area contributed by atoms with Gasteiger partial charge in [-0.25, -0.2) is 0 Å². The fraction of sp³-hybridized carbons (Fsp3) is 0.364. The average Bonchev–Trinajstić information content (AvgIpc) is 2.26. The molecule has 0 aliphatic carbocycles. The van der Waals surface area contributed by atoms with Crippen LogP contribution in [0.1, 0.15) is 18.5 Å². The smallest absolute Gasteiger partial charge is 0.174 e. The molecule has 1 aromatic rings. The predicted octanol–water partition coefficient (Wildman–Crippen LogP) is 2.52. The normalized spacial score (nSPS) is 11.9. The molecule has 0 radical (unpaired) electrons. The number of ether oxygens (including phenoxy) is 1. The monoisotopic (exact) mass is 224 g/mol. The molecule has 15 heavy (non-hydrogen) atoms. The van der Waals surface area contributed by atoms with Crippen molar-refractivity contribution in [3.8, 4) is 11.8 Å². The van der Waals surface area contributed by atoms with Gasteiger partial charge in [-0.05, 0) is 31.7 Å². The maximum absolute atomic E-state index is 8.37. The molecule has 3 nitrogen and oxygen atoms in total. The van der Waals surface area contributed by atoms with Crippen molar-refractivity contribution >= 4 is 11.6 Å². The fourth-order valence-electron chi connectivity index (χ4n) is 1.18. The second-order valence-electron chi connectivity index (χ2n) is 3.15. The summed E-state index contributed by atoms with van der Waals surface area (Å²) >= 11 is 6.00. The summed E-state index contributed by atoms with van der Waals surface area (Å²) in [6.07, 6.45) is 0. The van der Waals surface area contributed by atoms with E-state index in [1.54, 1.807) is 6.07 Å². The Labute approximate surface area is 94.6 Å². The summed E-state index contributed by atoms with van der Waals surface area (Å²) in [5.74, 6) is 0.547. The fourth-order valence-corrected chi connectivity index (χ4v) is 1.42. The zero-order chi connectivity index (χ0) is 11.3. The Morgan fingerprint density at radius 2 is 2.33 bits per heavy atom. The van der Waals surface area contributed by atoms with Gasteiger partial charge in [-0.1, -0.05) is 17.7 Å². The van der Waals surface area contributed by atoms with Crippen molar-refractivity contribution in [2.45, 2.75) is 13.0 Å². The van der Waals surface area contributed by atoms with E-state index in [1.807, 2.05) is 32.2 Å². The van der Waals surface area contributed by atoms with Gasteiger partial charge >= 0.3 is 0 Å². The quantitative estimate of drug-likeness (QED) is 0.855. The van der Waals surface area contributed by atoms with Gasteiger partial charge in [0.25, 0.3) is 0 Å². The number of nitriles is 1. The number of hydrogen-bond donors (Lipinski definition) is 1. The third kappa shape index (κ3) is 3.12. The van der Waals surface area contributed by atoms with Gasteiger partial charge in [-0.3, -0.25) is 0 Å². The zero-order valence-corrected chi connectivity index (χ0v) is 9.51. The van der Waals surface area contributed by atoms with E-state index in [9.17, 15) is 0 Å². The number of benzene rings is 1. The van der Waals surface area contributed by atoms with Crippen LogP contribution >= 0.6 is 11.6 Å². The van der Waals surface area contributed by atoms with Crippen molar-refractivity contribution in [2.24, 2.45) is 0 Å². The molecule has 0 aliphatic heterocycles. The highest BCUT2D eigenvalue weighted by atomic mass is 35.5. The van der Waals surface area contributed by atoms with Crippen LogP contribution in [-0.4, -0.2) is 13.7 Å². The lowest BCUT2D eigenvalue weighted by atomic mass is 10.1. The van der Waals surface area contributed by atoms with Crippen LogP contribution < -0.4 is 10.1 Å². The lowest BCUT2D eigenvalue weighted by Crippen LogP contribution is -2.12. The Balaban J connectivity index is 2.84. The molecule has 1 rings (SSSR count). The van der Waals surface area contributed by atoms with Crippen LogP contribution in [0.4, 0.5) is 0 Å². The summed E-state index contributed by atoms with van der Waals surface area (Å²) in [5, 5.41) is 12.0. The van der Waals surface area contributed by atoms with Gasteiger partial charge in [0, 0.05) is 6.04 Å². The topological polar surface area (TPSA) is 45.0 Å². The first kappa shape index (κ1) is 11.8. The van der Waals surface area contributed by atoms with E-state index in [4.69, 9.17) is 21.6 Å². The molecule has 0 spiro atoms. The van der Waals surface area contributed by atoms with Gasteiger partial charge in [0.2, 0.25) is 0 Å². The van der Waals surface area contributed by atoms with Crippen LogP contribution in [0.5, 0.6) is 5.75 Å². The van der Waals surface area contributed by atoms with Crippen molar-refractivity contribution in [2.75, 3.05) is 13.7 Å². The van der Waals surface area contributed by atoms with E-state index in [0.29, 0.717) is 10.8 Å². The van der Waals surface area contributed by atoms with Gasteiger partial charge in [0.05, 0.1) is 5.02 Å². The van der Waals surface area contributed by atoms with Crippen molar-refractivity contribution in [3.63, 3.8) is 0 Å². The maximum atomic E-state index is 8.37. The molecule has 1 unspecified atom stereocenters. The summed E-state index contributed by atoms with van der Waals surface area (Å²) in [4.78, 5) is 0. The molecule has 0 aromatic heterocycles. The van der Waals surface area contributed by atoms with E-state index in [0.717, 1.165) is 5.56 Å². The van der Waals surface area contributed by atoms with E-state index in [2.05, 4.69) is 5.32 Å². The standard InChI is InChI=1S/C11H13ClN2O/c1-8(14-2)9-3-4-11(10(12)7-9)15-6-5-13/h3-4,7-8,14H,6H2,1-2H3. The molecular weight excluding hydrogens is 212 g/mol. The molecule has 0 heterocycles. The van der Waals surface area contributed by atoms with Gasteiger partial charge in [0.1, 0.15) is 11.8 Å². The molecule has 1 N–H and O–H groups in total. The van der Waals surface area contributed by atoms with Crippen LogP contribution in [-0.2, 0) is 0 Å². The molecule has 0 bridgehead atoms. The molecule has 1 atom stereocenters. The largest absolute Gasteiger partial charge is 0.477 e. The lowest BCUT2D eigenvalue weighted by Gasteiger charge is -2.12. The molecule has 0 saturated carbocycles. The summed E-state index contributed by atoms with van der Waals surface area (Å²) < 4.78 is 5.14. The summed E-state index contributed by atoms with van der Waals surface area (Å²) in [6.45, 7) is 2.06. The minimum absolute atomic E-state index is 0.0145.